The second-order valence-electron chi connectivity index (χ2n) is 5.45. The monoisotopic (exact) mass is 220 g/mol. The zero-order valence-electron chi connectivity index (χ0n) is 10.0. The van der Waals surface area contributed by atoms with Crippen LogP contribution in [0, 0.1) is 5.41 Å². The summed E-state index contributed by atoms with van der Waals surface area (Å²) in [4.78, 5) is 8.47. The summed E-state index contributed by atoms with van der Waals surface area (Å²) in [5, 5.41) is 0. The van der Waals surface area contributed by atoms with Crippen molar-refractivity contribution in [3.63, 3.8) is 0 Å². The van der Waals surface area contributed by atoms with Crippen LogP contribution in [0.3, 0.4) is 0 Å². The molecule has 1 aromatic heterocycles. The van der Waals surface area contributed by atoms with Crippen molar-refractivity contribution in [2.75, 3.05) is 12.3 Å². The number of aromatic nitrogens is 2. The number of rotatable bonds is 2. The minimum absolute atomic E-state index is 0.285. The van der Waals surface area contributed by atoms with Crippen LogP contribution in [0.5, 0.6) is 0 Å². The van der Waals surface area contributed by atoms with Gasteiger partial charge in [-0.3, -0.25) is 0 Å². The van der Waals surface area contributed by atoms with E-state index in [0.717, 1.165) is 25.0 Å². The van der Waals surface area contributed by atoms with Gasteiger partial charge in [-0.25, -0.2) is 9.97 Å². The standard InChI is InChI=1S/C12H20N4/c1-12(2)5-8(3-4-13)9-7-15-11(14)16-10(9)6-12/h7-8H,3-6,13H2,1-2H3,(H2,14,15,16). The van der Waals surface area contributed by atoms with E-state index < -0.39 is 0 Å². The van der Waals surface area contributed by atoms with Gasteiger partial charge in [-0.05, 0) is 42.7 Å². The maximum Gasteiger partial charge on any atom is 0.220 e. The van der Waals surface area contributed by atoms with E-state index in [1.54, 1.807) is 0 Å². The average molecular weight is 220 g/mol. The number of fused-ring (bicyclic) bond motifs is 1. The largest absolute Gasteiger partial charge is 0.368 e. The lowest BCUT2D eigenvalue weighted by Crippen LogP contribution is -2.28. The molecular formula is C12H20N4. The molecule has 1 atom stereocenters. The Kier molecular flexibility index (Phi) is 2.84. The van der Waals surface area contributed by atoms with Crippen LogP contribution in [0.25, 0.3) is 0 Å². The van der Waals surface area contributed by atoms with Crippen molar-refractivity contribution in [3.05, 3.63) is 17.5 Å². The predicted molar refractivity (Wildman–Crippen MR) is 65.0 cm³/mol. The zero-order chi connectivity index (χ0) is 11.8. The molecule has 0 fully saturated rings. The third-order valence-electron chi connectivity index (χ3n) is 3.32. The van der Waals surface area contributed by atoms with Crippen LogP contribution in [-0.4, -0.2) is 16.5 Å². The highest BCUT2D eigenvalue weighted by Crippen LogP contribution is 2.42. The highest BCUT2D eigenvalue weighted by Gasteiger charge is 2.32. The van der Waals surface area contributed by atoms with Gasteiger partial charge in [-0.2, -0.15) is 0 Å². The Morgan fingerprint density at radius 2 is 2.25 bits per heavy atom. The molecule has 0 amide bonds. The van der Waals surface area contributed by atoms with Crippen molar-refractivity contribution in [3.8, 4) is 0 Å². The van der Waals surface area contributed by atoms with E-state index >= 15 is 0 Å². The lowest BCUT2D eigenvalue weighted by molar-refractivity contribution is 0.270. The van der Waals surface area contributed by atoms with Crippen molar-refractivity contribution in [1.82, 2.24) is 9.97 Å². The topological polar surface area (TPSA) is 77.8 Å². The van der Waals surface area contributed by atoms with Crippen LogP contribution in [0.15, 0.2) is 6.20 Å². The molecule has 4 nitrogen and oxygen atoms in total. The molecule has 2 rings (SSSR count). The fourth-order valence-corrected chi connectivity index (χ4v) is 2.69. The molecule has 1 aromatic rings. The molecular weight excluding hydrogens is 200 g/mol. The van der Waals surface area contributed by atoms with Crippen molar-refractivity contribution >= 4 is 5.95 Å². The van der Waals surface area contributed by atoms with Crippen LogP contribution < -0.4 is 11.5 Å². The summed E-state index contributed by atoms with van der Waals surface area (Å²) in [7, 11) is 0. The molecule has 88 valence electrons. The molecule has 0 radical (unpaired) electrons. The molecule has 0 bridgehead atoms. The maximum atomic E-state index is 5.67. The smallest absolute Gasteiger partial charge is 0.220 e. The summed E-state index contributed by atoms with van der Waals surface area (Å²) in [5.41, 5.74) is 14.0. The molecule has 16 heavy (non-hydrogen) atoms. The third kappa shape index (κ3) is 2.16. The van der Waals surface area contributed by atoms with E-state index in [0.29, 0.717) is 18.4 Å². The van der Waals surface area contributed by atoms with Gasteiger partial charge in [0.05, 0.1) is 0 Å². The summed E-state index contributed by atoms with van der Waals surface area (Å²) < 4.78 is 0. The number of nitrogens with zero attached hydrogens (tertiary/aromatic N) is 2. The molecule has 0 saturated heterocycles. The highest BCUT2D eigenvalue weighted by atomic mass is 15.0. The van der Waals surface area contributed by atoms with E-state index in [1.165, 1.54) is 5.56 Å². The Bertz CT molecular complexity index is 387. The molecule has 0 spiro atoms. The maximum absolute atomic E-state index is 5.67. The van der Waals surface area contributed by atoms with Gasteiger partial charge >= 0.3 is 0 Å². The lowest BCUT2D eigenvalue weighted by Gasteiger charge is -2.36. The first-order chi connectivity index (χ1) is 7.52. The fourth-order valence-electron chi connectivity index (χ4n) is 2.69. The first-order valence-electron chi connectivity index (χ1n) is 5.83. The Morgan fingerprint density at radius 3 is 2.94 bits per heavy atom. The van der Waals surface area contributed by atoms with Gasteiger partial charge in [0.15, 0.2) is 0 Å². The van der Waals surface area contributed by atoms with Gasteiger partial charge in [0, 0.05) is 11.9 Å². The summed E-state index contributed by atoms with van der Waals surface area (Å²) in [5.74, 6) is 0.868. The first-order valence-corrected chi connectivity index (χ1v) is 5.83. The molecule has 0 aromatic carbocycles. The quantitative estimate of drug-likeness (QED) is 0.791. The molecule has 1 heterocycles. The normalized spacial score (nSPS) is 22.8. The van der Waals surface area contributed by atoms with E-state index in [1.807, 2.05) is 6.20 Å². The van der Waals surface area contributed by atoms with E-state index in [2.05, 4.69) is 23.8 Å². The van der Waals surface area contributed by atoms with Crippen molar-refractivity contribution in [2.24, 2.45) is 11.1 Å². The Morgan fingerprint density at radius 1 is 1.50 bits per heavy atom. The van der Waals surface area contributed by atoms with Gasteiger partial charge in [0.1, 0.15) is 0 Å². The predicted octanol–water partition coefficient (Wildman–Crippen LogP) is 1.46. The zero-order valence-corrected chi connectivity index (χ0v) is 10.0. The summed E-state index contributed by atoms with van der Waals surface area (Å²) in [6.45, 7) is 5.26. The SMILES string of the molecule is CC1(C)Cc2nc(N)ncc2C(CCN)C1. The Hall–Kier alpha value is -1.16. The molecule has 4 heteroatoms. The van der Waals surface area contributed by atoms with Gasteiger partial charge in [-0.15, -0.1) is 0 Å². The summed E-state index contributed by atoms with van der Waals surface area (Å²) in [6.07, 6.45) is 5.03. The van der Waals surface area contributed by atoms with Crippen molar-refractivity contribution in [1.29, 1.82) is 0 Å². The third-order valence-corrected chi connectivity index (χ3v) is 3.32. The van der Waals surface area contributed by atoms with E-state index in [-0.39, 0.29) is 5.41 Å². The molecule has 0 saturated carbocycles. The van der Waals surface area contributed by atoms with Crippen LogP contribution in [0.1, 0.15) is 43.9 Å². The Balaban J connectivity index is 2.38. The second kappa shape index (κ2) is 4.01. The molecule has 4 N–H and O–H groups in total. The number of nitrogens with two attached hydrogens (primary N) is 2. The average Bonchev–Trinajstić information content (AvgIpc) is 2.15. The fraction of sp³-hybridized carbons (Fsp3) is 0.667. The van der Waals surface area contributed by atoms with Gasteiger partial charge in [-0.1, -0.05) is 13.8 Å². The minimum atomic E-state index is 0.285. The van der Waals surface area contributed by atoms with Crippen LogP contribution >= 0.6 is 0 Å². The Labute approximate surface area is 96.5 Å². The molecule has 0 aliphatic heterocycles. The van der Waals surface area contributed by atoms with Crippen LogP contribution in [-0.2, 0) is 6.42 Å². The lowest BCUT2D eigenvalue weighted by atomic mass is 9.70. The van der Waals surface area contributed by atoms with Crippen molar-refractivity contribution < 1.29 is 0 Å². The number of hydrogen-bond donors (Lipinski definition) is 2. The molecule has 1 unspecified atom stereocenters. The van der Waals surface area contributed by atoms with Crippen LogP contribution in [0.4, 0.5) is 5.95 Å². The van der Waals surface area contributed by atoms with Crippen molar-refractivity contribution in [2.45, 2.75) is 39.0 Å². The number of anilines is 1. The summed E-state index contributed by atoms with van der Waals surface area (Å²) >= 11 is 0. The second-order valence-corrected chi connectivity index (χ2v) is 5.45. The highest BCUT2D eigenvalue weighted by molar-refractivity contribution is 5.31. The summed E-state index contributed by atoms with van der Waals surface area (Å²) in [6, 6.07) is 0. The molecule has 1 aliphatic carbocycles. The number of nitrogen functional groups attached to an aromatic ring is 1. The van der Waals surface area contributed by atoms with Crippen LogP contribution in [0.2, 0.25) is 0 Å². The minimum Gasteiger partial charge on any atom is -0.368 e. The number of hydrogen-bond acceptors (Lipinski definition) is 4. The van der Waals surface area contributed by atoms with Gasteiger partial charge in [0.25, 0.3) is 0 Å². The van der Waals surface area contributed by atoms with Gasteiger partial charge < -0.3 is 11.5 Å². The van der Waals surface area contributed by atoms with Gasteiger partial charge in [0.2, 0.25) is 5.95 Å². The first kappa shape index (κ1) is 11.3. The molecule has 1 aliphatic rings. The van der Waals surface area contributed by atoms with E-state index in [4.69, 9.17) is 11.5 Å². The van der Waals surface area contributed by atoms with E-state index in [9.17, 15) is 0 Å².